The van der Waals surface area contributed by atoms with Crippen molar-refractivity contribution in [3.63, 3.8) is 0 Å². The molecule has 3 rings (SSSR count). The first-order valence-corrected chi connectivity index (χ1v) is 8.85. The fourth-order valence-electron chi connectivity index (χ4n) is 2.59. The van der Waals surface area contributed by atoms with Gasteiger partial charge in [-0.2, -0.15) is 4.98 Å². The van der Waals surface area contributed by atoms with E-state index in [0.717, 1.165) is 16.9 Å². The van der Waals surface area contributed by atoms with Crippen LogP contribution in [-0.2, 0) is 13.0 Å². The lowest BCUT2D eigenvalue weighted by Gasteiger charge is -2.16. The first-order chi connectivity index (χ1) is 13.0. The molecule has 0 radical (unpaired) electrons. The van der Waals surface area contributed by atoms with Crippen LogP contribution in [0.2, 0.25) is 0 Å². The van der Waals surface area contributed by atoms with Crippen molar-refractivity contribution in [1.29, 1.82) is 0 Å². The van der Waals surface area contributed by atoms with Gasteiger partial charge in [0.15, 0.2) is 12.4 Å². The molecule has 0 atom stereocenters. The maximum Gasteiger partial charge on any atom is 0.264 e. The maximum atomic E-state index is 12.4. The Bertz CT molecular complexity index is 903. The topological polar surface area (TPSA) is 68.5 Å². The number of nitrogens with zero attached hydrogens (tertiary/aromatic N) is 3. The first-order valence-electron chi connectivity index (χ1n) is 8.85. The molecule has 1 aromatic heterocycles. The lowest BCUT2D eigenvalue weighted by molar-refractivity contribution is 0.0796. The average Bonchev–Trinajstić information content (AvgIpc) is 3.13. The summed E-state index contributed by atoms with van der Waals surface area (Å²) in [7, 11) is 1.77. The van der Waals surface area contributed by atoms with Crippen molar-refractivity contribution in [2.24, 2.45) is 0 Å². The largest absolute Gasteiger partial charge is 0.483 e. The van der Waals surface area contributed by atoms with Crippen LogP contribution < -0.4 is 4.74 Å². The van der Waals surface area contributed by atoms with Crippen LogP contribution in [0.25, 0.3) is 0 Å². The second kappa shape index (κ2) is 8.49. The molecular formula is C21H23N3O3. The Hall–Kier alpha value is -3.15. The average molecular weight is 365 g/mol. The van der Waals surface area contributed by atoms with Crippen LogP contribution in [0, 0.1) is 13.8 Å². The predicted molar refractivity (Wildman–Crippen MR) is 102 cm³/mol. The Morgan fingerprint density at radius 3 is 2.59 bits per heavy atom. The smallest absolute Gasteiger partial charge is 0.264 e. The number of carbonyl (C=O) groups is 1. The van der Waals surface area contributed by atoms with Crippen LogP contribution in [0.1, 0.15) is 33.2 Å². The third kappa shape index (κ3) is 4.94. The monoisotopic (exact) mass is 365 g/mol. The van der Waals surface area contributed by atoms with E-state index in [9.17, 15) is 4.79 Å². The molecule has 3 aromatic rings. The molecule has 27 heavy (non-hydrogen) atoms. The number of rotatable bonds is 7. The van der Waals surface area contributed by atoms with E-state index < -0.39 is 0 Å². The molecule has 0 unspecified atom stereocenters. The van der Waals surface area contributed by atoms with Gasteiger partial charge in [-0.1, -0.05) is 41.1 Å². The van der Waals surface area contributed by atoms with E-state index in [-0.39, 0.29) is 12.5 Å². The summed E-state index contributed by atoms with van der Waals surface area (Å²) >= 11 is 0. The Balaban J connectivity index is 1.51. The number of para-hydroxylation sites is 1. The Morgan fingerprint density at radius 1 is 1.11 bits per heavy atom. The highest BCUT2D eigenvalue weighted by Crippen LogP contribution is 2.17. The van der Waals surface area contributed by atoms with Gasteiger partial charge in [-0.05, 0) is 37.6 Å². The Morgan fingerprint density at radius 2 is 1.85 bits per heavy atom. The molecule has 0 N–H and O–H groups in total. The van der Waals surface area contributed by atoms with Crippen molar-refractivity contribution >= 4 is 5.91 Å². The van der Waals surface area contributed by atoms with Gasteiger partial charge in [0.2, 0.25) is 0 Å². The van der Waals surface area contributed by atoms with E-state index >= 15 is 0 Å². The molecule has 0 bridgehead atoms. The van der Waals surface area contributed by atoms with Crippen LogP contribution in [-0.4, -0.2) is 34.5 Å². The van der Waals surface area contributed by atoms with Gasteiger partial charge in [0, 0.05) is 25.6 Å². The zero-order valence-corrected chi connectivity index (χ0v) is 15.8. The molecule has 0 saturated heterocycles. The minimum atomic E-state index is -0.0263. The minimum Gasteiger partial charge on any atom is -0.483 e. The number of aromatic nitrogens is 2. The lowest BCUT2D eigenvalue weighted by atomic mass is 10.1. The van der Waals surface area contributed by atoms with Crippen LogP contribution >= 0.6 is 0 Å². The van der Waals surface area contributed by atoms with E-state index in [0.29, 0.717) is 30.2 Å². The summed E-state index contributed by atoms with van der Waals surface area (Å²) in [5, 5.41) is 3.96. The number of ether oxygens (including phenoxy) is 1. The molecule has 1 amide bonds. The number of aryl methyl sites for hydroxylation is 2. The lowest BCUT2D eigenvalue weighted by Crippen LogP contribution is -2.29. The van der Waals surface area contributed by atoms with E-state index in [1.165, 1.54) is 0 Å². The first kappa shape index (κ1) is 18.6. The van der Waals surface area contributed by atoms with Crippen LogP contribution in [0.5, 0.6) is 5.75 Å². The molecule has 0 aliphatic heterocycles. The summed E-state index contributed by atoms with van der Waals surface area (Å²) in [5.41, 5.74) is 2.85. The summed E-state index contributed by atoms with van der Waals surface area (Å²) in [6.45, 7) is 4.70. The number of carbonyl (C=O) groups excluding carboxylic acids is 1. The zero-order valence-electron chi connectivity index (χ0n) is 15.8. The van der Waals surface area contributed by atoms with E-state index in [2.05, 4.69) is 10.1 Å². The number of likely N-dealkylation sites (N-methyl/N-ethyl adjacent to an activating group) is 1. The van der Waals surface area contributed by atoms with Crippen LogP contribution in [0.3, 0.4) is 0 Å². The molecule has 0 saturated carbocycles. The summed E-state index contributed by atoms with van der Waals surface area (Å²) in [5.74, 6) is 1.74. The van der Waals surface area contributed by atoms with E-state index in [4.69, 9.17) is 9.26 Å². The van der Waals surface area contributed by atoms with Crippen LogP contribution in [0.15, 0.2) is 53.1 Å². The van der Waals surface area contributed by atoms with Gasteiger partial charge >= 0.3 is 0 Å². The third-order valence-electron chi connectivity index (χ3n) is 4.27. The Labute approximate surface area is 158 Å². The molecule has 0 fully saturated rings. The summed E-state index contributed by atoms with van der Waals surface area (Å²) in [4.78, 5) is 18.4. The second-order valence-corrected chi connectivity index (χ2v) is 6.50. The number of amides is 1. The van der Waals surface area contributed by atoms with Gasteiger partial charge in [0.05, 0.1) is 0 Å². The summed E-state index contributed by atoms with van der Waals surface area (Å²) in [6, 6.07) is 15.3. The van der Waals surface area contributed by atoms with Gasteiger partial charge < -0.3 is 14.2 Å². The van der Waals surface area contributed by atoms with Gasteiger partial charge in [0.25, 0.3) is 11.8 Å². The van der Waals surface area contributed by atoms with Crippen molar-refractivity contribution in [3.8, 4) is 5.75 Å². The second-order valence-electron chi connectivity index (χ2n) is 6.50. The van der Waals surface area contributed by atoms with Crippen molar-refractivity contribution in [2.75, 3.05) is 13.6 Å². The van der Waals surface area contributed by atoms with Crippen molar-refractivity contribution in [2.45, 2.75) is 26.9 Å². The normalized spacial score (nSPS) is 10.6. The van der Waals surface area contributed by atoms with E-state index in [1.807, 2.05) is 62.4 Å². The van der Waals surface area contributed by atoms with Crippen LogP contribution in [0.4, 0.5) is 0 Å². The number of hydrogen-bond donors (Lipinski definition) is 0. The van der Waals surface area contributed by atoms with Gasteiger partial charge in [-0.15, -0.1) is 0 Å². The van der Waals surface area contributed by atoms with Gasteiger partial charge in [-0.25, -0.2) is 0 Å². The molecule has 6 heteroatoms. The molecule has 2 aromatic carbocycles. The number of benzene rings is 2. The molecule has 1 heterocycles. The van der Waals surface area contributed by atoms with Gasteiger partial charge in [-0.3, -0.25) is 4.79 Å². The van der Waals surface area contributed by atoms with Crippen molar-refractivity contribution in [1.82, 2.24) is 15.0 Å². The fourth-order valence-corrected chi connectivity index (χ4v) is 2.59. The summed E-state index contributed by atoms with van der Waals surface area (Å²) in [6.07, 6.45) is 0.516. The number of hydrogen-bond acceptors (Lipinski definition) is 5. The van der Waals surface area contributed by atoms with Crippen molar-refractivity contribution in [3.05, 3.63) is 76.9 Å². The molecule has 140 valence electrons. The highest BCUT2D eigenvalue weighted by atomic mass is 16.5. The molecular weight excluding hydrogens is 342 g/mol. The Kier molecular flexibility index (Phi) is 5.86. The van der Waals surface area contributed by atoms with Crippen molar-refractivity contribution < 1.29 is 14.1 Å². The highest BCUT2D eigenvalue weighted by molar-refractivity contribution is 5.94. The third-order valence-corrected chi connectivity index (χ3v) is 4.27. The predicted octanol–water partition coefficient (Wildman–Crippen LogP) is 3.58. The summed E-state index contributed by atoms with van der Waals surface area (Å²) < 4.78 is 10.9. The minimum absolute atomic E-state index is 0.0263. The molecule has 0 aliphatic carbocycles. The quantitative estimate of drug-likeness (QED) is 0.640. The van der Waals surface area contributed by atoms with Gasteiger partial charge in [0.1, 0.15) is 5.75 Å². The molecule has 0 spiro atoms. The molecule has 0 aliphatic rings. The van der Waals surface area contributed by atoms with E-state index in [1.54, 1.807) is 11.9 Å². The highest BCUT2D eigenvalue weighted by Gasteiger charge is 2.13. The standard InChI is InChI=1S/C21H23N3O3/c1-15-8-10-17(11-9-15)21(25)24(3)13-12-19-22-20(27-23-19)14-26-18-7-5-4-6-16(18)2/h4-11H,12-14H2,1-3H3. The molecule has 6 nitrogen and oxygen atoms in total. The maximum absolute atomic E-state index is 12.4. The SMILES string of the molecule is Cc1ccc(C(=O)N(C)CCc2noc(COc3ccccc3C)n2)cc1. The zero-order chi connectivity index (χ0) is 19.2. The fraction of sp³-hybridized carbons (Fsp3) is 0.286.